The van der Waals surface area contributed by atoms with Gasteiger partial charge in [0, 0.05) is 38.5 Å². The summed E-state index contributed by atoms with van der Waals surface area (Å²) >= 11 is 0. The van der Waals surface area contributed by atoms with E-state index in [0.29, 0.717) is 25.3 Å². The van der Waals surface area contributed by atoms with Gasteiger partial charge >= 0.3 is 0 Å². The molecule has 21 heavy (non-hydrogen) atoms. The maximum atomic E-state index is 11.9. The zero-order valence-electron chi connectivity index (χ0n) is 12.8. The monoisotopic (exact) mass is 292 g/mol. The first-order valence-corrected chi connectivity index (χ1v) is 7.42. The molecule has 1 amide bonds. The van der Waals surface area contributed by atoms with Crippen LogP contribution in [0.3, 0.4) is 0 Å². The summed E-state index contributed by atoms with van der Waals surface area (Å²) in [6.45, 7) is 2.49. The number of carbonyl (C=O) groups is 1. The Balaban J connectivity index is 1.64. The molecule has 1 saturated heterocycles. The van der Waals surface area contributed by atoms with Crippen molar-refractivity contribution in [1.29, 1.82) is 0 Å². The molecule has 1 aliphatic heterocycles. The second kappa shape index (κ2) is 8.00. The highest BCUT2D eigenvalue weighted by Gasteiger charge is 2.15. The third-order valence-corrected chi connectivity index (χ3v) is 3.51. The van der Waals surface area contributed by atoms with Crippen LogP contribution < -0.4 is 10.2 Å². The Morgan fingerprint density at radius 3 is 2.76 bits per heavy atom. The number of ether oxygens (including phenoxy) is 2. The Kier molecular flexibility index (Phi) is 6.02. The van der Waals surface area contributed by atoms with Gasteiger partial charge < -0.3 is 19.7 Å². The summed E-state index contributed by atoms with van der Waals surface area (Å²) in [5.74, 6) is -0.0685. The second-order valence-corrected chi connectivity index (χ2v) is 5.41. The third-order valence-electron chi connectivity index (χ3n) is 3.51. The van der Waals surface area contributed by atoms with E-state index in [1.807, 2.05) is 43.3 Å². The molecule has 0 aliphatic carbocycles. The first-order chi connectivity index (χ1) is 10.2. The number of nitrogens with one attached hydrogen (secondary N) is 1. The van der Waals surface area contributed by atoms with Gasteiger partial charge in [0.05, 0.1) is 19.3 Å². The van der Waals surface area contributed by atoms with Gasteiger partial charge in [-0.25, -0.2) is 0 Å². The molecular weight excluding hydrogens is 268 g/mol. The highest BCUT2D eigenvalue weighted by molar-refractivity contribution is 5.94. The highest BCUT2D eigenvalue weighted by Crippen LogP contribution is 2.12. The molecule has 116 valence electrons. The average Bonchev–Trinajstić information content (AvgIpc) is 3.00. The van der Waals surface area contributed by atoms with E-state index in [0.717, 1.165) is 25.1 Å². The minimum Gasteiger partial charge on any atom is -0.378 e. The predicted molar refractivity (Wildman–Crippen MR) is 82.9 cm³/mol. The molecule has 1 aromatic carbocycles. The van der Waals surface area contributed by atoms with E-state index in [1.165, 1.54) is 0 Å². The summed E-state index contributed by atoms with van der Waals surface area (Å²) < 4.78 is 11.0. The molecule has 1 heterocycles. The van der Waals surface area contributed by atoms with Gasteiger partial charge in [0.1, 0.15) is 0 Å². The van der Waals surface area contributed by atoms with Crippen LogP contribution in [0.5, 0.6) is 0 Å². The Labute approximate surface area is 126 Å². The van der Waals surface area contributed by atoms with Gasteiger partial charge in [-0.1, -0.05) is 0 Å². The van der Waals surface area contributed by atoms with Gasteiger partial charge in [0.2, 0.25) is 0 Å². The lowest BCUT2D eigenvalue weighted by Gasteiger charge is -2.13. The first kappa shape index (κ1) is 15.8. The van der Waals surface area contributed by atoms with Crippen molar-refractivity contribution in [2.45, 2.75) is 18.9 Å². The number of carbonyl (C=O) groups excluding carboxylic acids is 1. The number of hydrogen-bond acceptors (Lipinski definition) is 4. The smallest absolute Gasteiger partial charge is 0.251 e. The number of benzene rings is 1. The van der Waals surface area contributed by atoms with Crippen LogP contribution >= 0.6 is 0 Å². The number of anilines is 1. The van der Waals surface area contributed by atoms with Crippen molar-refractivity contribution in [3.05, 3.63) is 29.8 Å². The van der Waals surface area contributed by atoms with Crippen molar-refractivity contribution in [3.63, 3.8) is 0 Å². The summed E-state index contributed by atoms with van der Waals surface area (Å²) in [5, 5.41) is 2.85. The largest absolute Gasteiger partial charge is 0.378 e. The van der Waals surface area contributed by atoms with Crippen LogP contribution in [0.4, 0.5) is 5.69 Å². The number of hydrogen-bond donors (Lipinski definition) is 1. The predicted octanol–water partition coefficient (Wildman–Crippen LogP) is 1.68. The topological polar surface area (TPSA) is 50.8 Å². The lowest BCUT2D eigenvalue weighted by molar-refractivity contribution is 0.0183. The molecule has 1 aliphatic rings. The van der Waals surface area contributed by atoms with E-state index in [4.69, 9.17) is 9.47 Å². The number of nitrogens with zero attached hydrogens (tertiary/aromatic N) is 1. The third kappa shape index (κ3) is 5.02. The standard InChI is InChI=1S/C16H24N2O3/c1-18(2)14-7-5-13(6-8-14)16(19)17-9-11-20-12-15-4-3-10-21-15/h5-8,15H,3-4,9-12H2,1-2H3,(H,17,19)/t15-/m0/s1. The second-order valence-electron chi connectivity index (χ2n) is 5.41. The molecular formula is C16H24N2O3. The molecule has 0 spiro atoms. The molecule has 5 nitrogen and oxygen atoms in total. The molecule has 1 N–H and O–H groups in total. The summed E-state index contributed by atoms with van der Waals surface area (Å²) in [7, 11) is 3.95. The van der Waals surface area contributed by atoms with Gasteiger partial charge in [0.25, 0.3) is 5.91 Å². The summed E-state index contributed by atoms with van der Waals surface area (Å²) in [5.41, 5.74) is 1.74. The Morgan fingerprint density at radius 2 is 2.14 bits per heavy atom. The van der Waals surface area contributed by atoms with Gasteiger partial charge in [-0.3, -0.25) is 4.79 Å². The Hall–Kier alpha value is -1.59. The average molecular weight is 292 g/mol. The van der Waals surface area contributed by atoms with E-state index in [-0.39, 0.29) is 12.0 Å². The maximum absolute atomic E-state index is 11.9. The molecule has 1 fully saturated rings. The van der Waals surface area contributed by atoms with E-state index < -0.39 is 0 Å². The van der Waals surface area contributed by atoms with Crippen LogP contribution in [0.2, 0.25) is 0 Å². The molecule has 0 unspecified atom stereocenters. The van der Waals surface area contributed by atoms with Crippen molar-refractivity contribution in [2.75, 3.05) is 45.4 Å². The van der Waals surface area contributed by atoms with Crippen molar-refractivity contribution in [1.82, 2.24) is 5.32 Å². The first-order valence-electron chi connectivity index (χ1n) is 7.42. The fourth-order valence-corrected chi connectivity index (χ4v) is 2.24. The van der Waals surface area contributed by atoms with Gasteiger partial charge in [0.15, 0.2) is 0 Å². The quantitative estimate of drug-likeness (QED) is 0.777. The highest BCUT2D eigenvalue weighted by atomic mass is 16.5. The molecule has 0 radical (unpaired) electrons. The van der Waals surface area contributed by atoms with Crippen molar-refractivity contribution < 1.29 is 14.3 Å². The van der Waals surface area contributed by atoms with E-state index in [1.54, 1.807) is 0 Å². The molecule has 0 bridgehead atoms. The van der Waals surface area contributed by atoms with Gasteiger partial charge in [-0.05, 0) is 37.1 Å². The molecule has 1 aromatic rings. The van der Waals surface area contributed by atoms with Gasteiger partial charge in [-0.15, -0.1) is 0 Å². The Morgan fingerprint density at radius 1 is 1.38 bits per heavy atom. The van der Waals surface area contributed by atoms with Crippen LogP contribution in [-0.4, -0.2) is 52.5 Å². The Bertz CT molecular complexity index is 439. The SMILES string of the molecule is CN(C)c1ccc(C(=O)NCCOC[C@@H]2CCCO2)cc1. The maximum Gasteiger partial charge on any atom is 0.251 e. The van der Waals surface area contributed by atoms with Crippen molar-refractivity contribution >= 4 is 11.6 Å². The lowest BCUT2D eigenvalue weighted by Crippen LogP contribution is -2.28. The van der Waals surface area contributed by atoms with E-state index >= 15 is 0 Å². The lowest BCUT2D eigenvalue weighted by atomic mass is 10.2. The normalized spacial score (nSPS) is 17.7. The zero-order valence-corrected chi connectivity index (χ0v) is 12.8. The summed E-state index contributed by atoms with van der Waals surface area (Å²) in [6.07, 6.45) is 2.43. The zero-order chi connectivity index (χ0) is 15.1. The van der Waals surface area contributed by atoms with Crippen LogP contribution in [0, 0.1) is 0 Å². The van der Waals surface area contributed by atoms with Gasteiger partial charge in [-0.2, -0.15) is 0 Å². The van der Waals surface area contributed by atoms with Crippen molar-refractivity contribution in [3.8, 4) is 0 Å². The fraction of sp³-hybridized carbons (Fsp3) is 0.562. The minimum atomic E-state index is -0.0685. The number of rotatable bonds is 7. The summed E-state index contributed by atoms with van der Waals surface area (Å²) in [4.78, 5) is 13.9. The van der Waals surface area contributed by atoms with Crippen LogP contribution in [0.1, 0.15) is 23.2 Å². The van der Waals surface area contributed by atoms with E-state index in [9.17, 15) is 4.79 Å². The molecule has 1 atom stereocenters. The molecule has 5 heteroatoms. The van der Waals surface area contributed by atoms with Crippen LogP contribution in [-0.2, 0) is 9.47 Å². The summed E-state index contributed by atoms with van der Waals surface area (Å²) in [6, 6.07) is 7.53. The van der Waals surface area contributed by atoms with E-state index in [2.05, 4.69) is 5.32 Å². The van der Waals surface area contributed by atoms with Crippen LogP contribution in [0.25, 0.3) is 0 Å². The van der Waals surface area contributed by atoms with Crippen molar-refractivity contribution in [2.24, 2.45) is 0 Å². The fourth-order valence-electron chi connectivity index (χ4n) is 2.24. The minimum absolute atomic E-state index is 0.0685. The van der Waals surface area contributed by atoms with Crippen LogP contribution in [0.15, 0.2) is 24.3 Å². The molecule has 0 aromatic heterocycles. The molecule has 0 saturated carbocycles. The number of amides is 1. The molecule has 2 rings (SSSR count).